The molecule has 5 nitrogen and oxygen atoms in total. The van der Waals surface area contributed by atoms with Crippen molar-refractivity contribution in [1.29, 1.82) is 0 Å². The number of anilines is 2. The van der Waals surface area contributed by atoms with Crippen LogP contribution in [0.25, 0.3) is 22.0 Å². The van der Waals surface area contributed by atoms with E-state index in [1.807, 2.05) is 12.1 Å². The highest BCUT2D eigenvalue weighted by Crippen LogP contribution is 2.40. The Bertz CT molecular complexity index is 883. The number of fused-ring (bicyclic) bond motifs is 1. The highest BCUT2D eigenvalue weighted by molar-refractivity contribution is 6.39. The van der Waals surface area contributed by atoms with E-state index in [0.717, 1.165) is 11.1 Å². The fourth-order valence-electron chi connectivity index (χ4n) is 2.33. The van der Waals surface area contributed by atoms with Crippen LogP contribution in [0.5, 0.6) is 5.75 Å². The van der Waals surface area contributed by atoms with Gasteiger partial charge in [-0.1, -0.05) is 29.3 Å². The van der Waals surface area contributed by atoms with Gasteiger partial charge in [-0.05, 0) is 24.3 Å². The molecule has 0 fully saturated rings. The second-order valence-corrected chi connectivity index (χ2v) is 5.45. The van der Waals surface area contributed by atoms with Gasteiger partial charge < -0.3 is 16.2 Å². The van der Waals surface area contributed by atoms with Gasteiger partial charge in [0, 0.05) is 16.1 Å². The number of ether oxygens (including phenoxy) is 1. The maximum atomic E-state index is 6.51. The molecule has 0 radical (unpaired) electrons. The molecule has 0 atom stereocenters. The number of aromatic nitrogens is 2. The number of nitrogens with zero attached hydrogens (tertiary/aromatic N) is 2. The molecule has 1 aromatic heterocycles. The molecule has 0 amide bonds. The van der Waals surface area contributed by atoms with Gasteiger partial charge in [0.25, 0.3) is 0 Å². The Hall–Kier alpha value is -2.24. The first-order valence-electron chi connectivity index (χ1n) is 6.36. The van der Waals surface area contributed by atoms with Gasteiger partial charge >= 0.3 is 0 Å². The number of hydrogen-bond donors (Lipinski definition) is 2. The number of nitrogen functional groups attached to an aromatic ring is 2. The smallest absolute Gasteiger partial charge is 0.222 e. The van der Waals surface area contributed by atoms with Gasteiger partial charge in [-0.2, -0.15) is 4.98 Å². The van der Waals surface area contributed by atoms with Crippen LogP contribution >= 0.6 is 23.2 Å². The molecule has 0 aliphatic carbocycles. The maximum absolute atomic E-state index is 6.51. The van der Waals surface area contributed by atoms with Gasteiger partial charge in [-0.15, -0.1) is 0 Å². The second-order valence-electron chi connectivity index (χ2n) is 4.63. The molecule has 0 unspecified atom stereocenters. The number of halogens is 2. The summed E-state index contributed by atoms with van der Waals surface area (Å²) < 4.78 is 5.37. The first-order valence-corrected chi connectivity index (χ1v) is 7.12. The lowest BCUT2D eigenvalue weighted by atomic mass is 10.0. The van der Waals surface area contributed by atoms with Crippen LogP contribution in [0.4, 0.5) is 11.8 Å². The summed E-state index contributed by atoms with van der Waals surface area (Å²) in [4.78, 5) is 8.10. The van der Waals surface area contributed by atoms with Crippen molar-refractivity contribution in [2.45, 2.75) is 0 Å². The summed E-state index contributed by atoms with van der Waals surface area (Å²) >= 11 is 12.5. The zero-order chi connectivity index (χ0) is 15.9. The Morgan fingerprint density at radius 3 is 2.45 bits per heavy atom. The molecular formula is C15H12Cl2N4O. The third-order valence-corrected chi connectivity index (χ3v) is 3.93. The molecule has 0 aliphatic heterocycles. The van der Waals surface area contributed by atoms with Crippen LogP contribution in [0.15, 0.2) is 30.3 Å². The van der Waals surface area contributed by atoms with E-state index in [1.165, 1.54) is 0 Å². The summed E-state index contributed by atoms with van der Waals surface area (Å²) in [6, 6.07) is 8.95. The Morgan fingerprint density at radius 2 is 1.73 bits per heavy atom. The van der Waals surface area contributed by atoms with Crippen LogP contribution in [0.3, 0.4) is 0 Å². The number of nitrogens with two attached hydrogens (primary N) is 2. The maximum Gasteiger partial charge on any atom is 0.222 e. The van der Waals surface area contributed by atoms with E-state index in [2.05, 4.69) is 9.97 Å². The third-order valence-electron chi connectivity index (χ3n) is 3.30. The summed E-state index contributed by atoms with van der Waals surface area (Å²) in [5.41, 5.74) is 13.7. The van der Waals surface area contributed by atoms with Crippen LogP contribution in [0.1, 0.15) is 0 Å². The van der Waals surface area contributed by atoms with Crippen molar-refractivity contribution in [3.05, 3.63) is 40.4 Å². The fraction of sp³-hybridized carbons (Fsp3) is 0.0667. The molecular weight excluding hydrogens is 323 g/mol. The predicted molar refractivity (Wildman–Crippen MR) is 90.4 cm³/mol. The quantitative estimate of drug-likeness (QED) is 0.744. The van der Waals surface area contributed by atoms with Crippen molar-refractivity contribution in [3.63, 3.8) is 0 Å². The lowest BCUT2D eigenvalue weighted by Crippen LogP contribution is -2.01. The van der Waals surface area contributed by atoms with Gasteiger partial charge in [0.1, 0.15) is 11.6 Å². The molecule has 0 saturated carbocycles. The Kier molecular flexibility index (Phi) is 3.68. The zero-order valence-corrected chi connectivity index (χ0v) is 13.1. The lowest BCUT2D eigenvalue weighted by molar-refractivity contribution is 0.416. The minimum absolute atomic E-state index is 0.109. The van der Waals surface area contributed by atoms with E-state index < -0.39 is 0 Å². The Balaban J connectivity index is 2.31. The van der Waals surface area contributed by atoms with Crippen LogP contribution in [-0.4, -0.2) is 17.1 Å². The first kappa shape index (κ1) is 14.7. The van der Waals surface area contributed by atoms with Gasteiger partial charge in [0.2, 0.25) is 5.95 Å². The minimum atomic E-state index is 0.109. The van der Waals surface area contributed by atoms with Crippen LogP contribution < -0.4 is 16.2 Å². The molecule has 1 heterocycles. The summed E-state index contributed by atoms with van der Waals surface area (Å²) in [6.45, 7) is 0. The molecule has 112 valence electrons. The SMILES string of the molecule is COc1cc(Cl)ccc1-c1ccc2nc(N)nc(N)c2c1Cl. The molecule has 22 heavy (non-hydrogen) atoms. The summed E-state index contributed by atoms with van der Waals surface area (Å²) in [5.74, 6) is 0.962. The topological polar surface area (TPSA) is 87.0 Å². The first-order chi connectivity index (χ1) is 10.5. The van der Waals surface area contributed by atoms with E-state index in [1.54, 1.807) is 25.3 Å². The van der Waals surface area contributed by atoms with Crippen molar-refractivity contribution in [1.82, 2.24) is 9.97 Å². The summed E-state index contributed by atoms with van der Waals surface area (Å²) in [5, 5.41) is 1.58. The van der Waals surface area contributed by atoms with E-state index in [4.69, 9.17) is 39.4 Å². The fourth-order valence-corrected chi connectivity index (χ4v) is 2.85. The van der Waals surface area contributed by atoms with Gasteiger partial charge in [0.15, 0.2) is 0 Å². The minimum Gasteiger partial charge on any atom is -0.496 e. The van der Waals surface area contributed by atoms with Crippen LogP contribution in [0, 0.1) is 0 Å². The van der Waals surface area contributed by atoms with E-state index >= 15 is 0 Å². The average Bonchev–Trinajstić information content (AvgIpc) is 2.47. The molecule has 0 aliphatic rings. The molecule has 4 N–H and O–H groups in total. The van der Waals surface area contributed by atoms with Crippen LogP contribution in [0.2, 0.25) is 10.0 Å². The monoisotopic (exact) mass is 334 g/mol. The van der Waals surface area contributed by atoms with Gasteiger partial charge in [0.05, 0.1) is 23.0 Å². The van der Waals surface area contributed by atoms with Crippen molar-refractivity contribution in [2.75, 3.05) is 18.6 Å². The number of methoxy groups -OCH3 is 1. The molecule has 0 bridgehead atoms. The third kappa shape index (κ3) is 2.38. The second kappa shape index (κ2) is 5.51. The Morgan fingerprint density at radius 1 is 1.00 bits per heavy atom. The van der Waals surface area contributed by atoms with E-state index in [0.29, 0.717) is 26.7 Å². The molecule has 3 aromatic rings. The standard InChI is InChI=1S/C15H12Cl2N4O/c1-22-11-6-7(16)2-3-8(11)9-4-5-10-12(13(9)17)14(18)21-15(19)20-10/h2-6H,1H3,(H4,18,19,20,21). The number of benzene rings is 2. The molecule has 3 rings (SSSR count). The van der Waals surface area contributed by atoms with Crippen molar-refractivity contribution < 1.29 is 4.74 Å². The van der Waals surface area contributed by atoms with Gasteiger partial charge in [-0.25, -0.2) is 4.98 Å². The normalized spacial score (nSPS) is 10.9. The van der Waals surface area contributed by atoms with E-state index in [-0.39, 0.29) is 11.8 Å². The van der Waals surface area contributed by atoms with Gasteiger partial charge in [-0.3, -0.25) is 0 Å². The molecule has 0 spiro atoms. The van der Waals surface area contributed by atoms with Crippen molar-refractivity contribution in [2.24, 2.45) is 0 Å². The molecule has 0 saturated heterocycles. The summed E-state index contributed by atoms with van der Waals surface area (Å²) in [7, 11) is 1.57. The highest BCUT2D eigenvalue weighted by Gasteiger charge is 2.15. The summed E-state index contributed by atoms with van der Waals surface area (Å²) in [6.07, 6.45) is 0. The average molecular weight is 335 g/mol. The Labute approximate surface area is 136 Å². The predicted octanol–water partition coefficient (Wildman–Crippen LogP) is 3.78. The number of hydrogen-bond acceptors (Lipinski definition) is 5. The van der Waals surface area contributed by atoms with Crippen LogP contribution in [-0.2, 0) is 0 Å². The van der Waals surface area contributed by atoms with Crippen molar-refractivity contribution >= 4 is 45.9 Å². The lowest BCUT2D eigenvalue weighted by Gasteiger charge is -2.13. The largest absolute Gasteiger partial charge is 0.496 e. The van der Waals surface area contributed by atoms with Crippen molar-refractivity contribution in [3.8, 4) is 16.9 Å². The molecule has 7 heteroatoms. The highest BCUT2D eigenvalue weighted by atomic mass is 35.5. The van der Waals surface area contributed by atoms with E-state index in [9.17, 15) is 0 Å². The number of rotatable bonds is 2. The molecule has 2 aromatic carbocycles. The zero-order valence-electron chi connectivity index (χ0n) is 11.6.